The molecule has 30 heavy (non-hydrogen) atoms. The van der Waals surface area contributed by atoms with E-state index in [0.717, 1.165) is 5.56 Å². The van der Waals surface area contributed by atoms with Gasteiger partial charge in [-0.05, 0) is 42.8 Å². The van der Waals surface area contributed by atoms with Crippen molar-refractivity contribution in [2.45, 2.75) is 13.0 Å². The summed E-state index contributed by atoms with van der Waals surface area (Å²) in [6.45, 7) is 1.92. The van der Waals surface area contributed by atoms with Gasteiger partial charge in [-0.2, -0.15) is 4.98 Å². The van der Waals surface area contributed by atoms with Crippen molar-refractivity contribution >= 4 is 35.1 Å². The summed E-state index contributed by atoms with van der Waals surface area (Å²) in [6, 6.07) is 9.94. The lowest BCUT2D eigenvalue weighted by Crippen LogP contribution is -2.31. The highest BCUT2D eigenvalue weighted by Crippen LogP contribution is 2.41. The number of carbonyl (C=O) groups is 1. The summed E-state index contributed by atoms with van der Waals surface area (Å²) in [5.74, 6) is 1.52. The second-order valence-electron chi connectivity index (χ2n) is 6.87. The molecule has 1 unspecified atom stereocenters. The first-order valence-corrected chi connectivity index (χ1v) is 9.77. The Balaban J connectivity index is 1.67. The van der Waals surface area contributed by atoms with Gasteiger partial charge in [-0.25, -0.2) is 4.68 Å². The molecule has 2 aliphatic heterocycles. The van der Waals surface area contributed by atoms with Crippen LogP contribution >= 0.6 is 23.2 Å². The Morgan fingerprint density at radius 2 is 2.00 bits per heavy atom. The van der Waals surface area contributed by atoms with E-state index in [2.05, 4.69) is 15.4 Å². The third-order valence-corrected chi connectivity index (χ3v) is 5.55. The molecule has 0 saturated carbocycles. The van der Waals surface area contributed by atoms with Crippen molar-refractivity contribution in [2.24, 2.45) is 5.73 Å². The highest BCUT2D eigenvalue weighted by Gasteiger charge is 2.34. The molecule has 3 aromatic rings. The van der Waals surface area contributed by atoms with Crippen molar-refractivity contribution in [1.82, 2.24) is 14.8 Å². The molecule has 1 atom stereocenters. The number of hydrogen-bond donors (Lipinski definition) is 2. The summed E-state index contributed by atoms with van der Waals surface area (Å²) >= 11 is 12.3. The van der Waals surface area contributed by atoms with Crippen molar-refractivity contribution in [3.63, 3.8) is 0 Å². The fraction of sp³-hybridized carbons (Fsp3) is 0.150. The standard InChI is InChI=1S/C20H15Cl2N5O3/c1-9-16(18(23)28)17(10-2-5-14-15(6-10)30-8-29-14)27-20(24-9)25-19(26-27)12-4-3-11(21)7-13(12)22/h2-7,17H,8H2,1H3,(H2,23,28)(H,24,25,26). The smallest absolute Gasteiger partial charge is 0.248 e. The predicted molar refractivity (Wildman–Crippen MR) is 112 cm³/mol. The first-order chi connectivity index (χ1) is 14.4. The van der Waals surface area contributed by atoms with Crippen LogP contribution in [0.4, 0.5) is 5.95 Å². The number of nitrogens with zero attached hydrogens (tertiary/aromatic N) is 3. The molecule has 2 aliphatic rings. The molecular weight excluding hydrogens is 429 g/mol. The number of rotatable bonds is 3. The number of nitrogens with one attached hydrogen (secondary N) is 1. The molecule has 3 heterocycles. The maximum atomic E-state index is 12.3. The van der Waals surface area contributed by atoms with Gasteiger partial charge in [0.15, 0.2) is 17.3 Å². The number of aromatic nitrogens is 3. The fourth-order valence-electron chi connectivity index (χ4n) is 3.65. The number of hydrogen-bond acceptors (Lipinski definition) is 6. The van der Waals surface area contributed by atoms with Gasteiger partial charge in [-0.1, -0.05) is 29.3 Å². The minimum atomic E-state index is -0.597. The molecule has 0 radical (unpaired) electrons. The molecule has 1 aromatic heterocycles. The van der Waals surface area contributed by atoms with Crippen LogP contribution in [0.25, 0.3) is 11.4 Å². The monoisotopic (exact) mass is 443 g/mol. The molecular formula is C20H15Cl2N5O3. The minimum absolute atomic E-state index is 0.149. The molecule has 8 nitrogen and oxygen atoms in total. The van der Waals surface area contributed by atoms with Crippen LogP contribution in [0.1, 0.15) is 18.5 Å². The number of fused-ring (bicyclic) bond motifs is 2. The van der Waals surface area contributed by atoms with Crippen molar-refractivity contribution in [1.29, 1.82) is 0 Å². The lowest BCUT2D eigenvalue weighted by Gasteiger charge is -2.27. The zero-order valence-electron chi connectivity index (χ0n) is 15.6. The predicted octanol–water partition coefficient (Wildman–Crippen LogP) is 3.75. The summed E-state index contributed by atoms with van der Waals surface area (Å²) in [5, 5.41) is 8.67. The molecule has 152 valence electrons. The quantitative estimate of drug-likeness (QED) is 0.638. The van der Waals surface area contributed by atoms with Gasteiger partial charge in [0.25, 0.3) is 0 Å². The van der Waals surface area contributed by atoms with E-state index in [9.17, 15) is 4.79 Å². The van der Waals surface area contributed by atoms with E-state index in [0.29, 0.717) is 50.2 Å². The van der Waals surface area contributed by atoms with E-state index in [1.54, 1.807) is 35.9 Å². The van der Waals surface area contributed by atoms with E-state index < -0.39 is 11.9 Å². The van der Waals surface area contributed by atoms with Gasteiger partial charge in [-0.3, -0.25) is 4.79 Å². The van der Waals surface area contributed by atoms with Crippen LogP contribution in [0, 0.1) is 0 Å². The summed E-state index contributed by atoms with van der Waals surface area (Å²) in [5.41, 5.74) is 8.07. The molecule has 10 heteroatoms. The van der Waals surface area contributed by atoms with Crippen molar-refractivity contribution < 1.29 is 14.3 Å². The highest BCUT2D eigenvalue weighted by molar-refractivity contribution is 6.36. The zero-order chi connectivity index (χ0) is 21.0. The van der Waals surface area contributed by atoms with Gasteiger partial charge in [0, 0.05) is 16.3 Å². The number of anilines is 1. The van der Waals surface area contributed by atoms with Gasteiger partial charge < -0.3 is 20.5 Å². The Bertz CT molecular complexity index is 1240. The third kappa shape index (κ3) is 2.96. The van der Waals surface area contributed by atoms with Gasteiger partial charge in [0.05, 0.1) is 10.6 Å². The van der Waals surface area contributed by atoms with Gasteiger partial charge in [0.2, 0.25) is 18.6 Å². The molecule has 0 spiro atoms. The Labute approximate surface area is 181 Å². The number of benzene rings is 2. The number of amides is 1. The maximum absolute atomic E-state index is 12.3. The Morgan fingerprint density at radius 3 is 2.77 bits per heavy atom. The summed E-state index contributed by atoms with van der Waals surface area (Å²) < 4.78 is 12.5. The minimum Gasteiger partial charge on any atom is -0.454 e. The van der Waals surface area contributed by atoms with E-state index in [1.807, 2.05) is 12.1 Å². The molecule has 0 bridgehead atoms. The molecule has 5 rings (SSSR count). The topological polar surface area (TPSA) is 104 Å². The Morgan fingerprint density at radius 1 is 1.20 bits per heavy atom. The SMILES string of the molecule is CC1=C(C(N)=O)C(c2ccc3c(c2)OCO3)n2nc(-c3ccc(Cl)cc3Cl)nc2N1. The van der Waals surface area contributed by atoms with Crippen molar-refractivity contribution in [3.05, 3.63) is 63.3 Å². The largest absolute Gasteiger partial charge is 0.454 e. The van der Waals surface area contributed by atoms with Crippen LogP contribution in [0.2, 0.25) is 10.0 Å². The number of allylic oxidation sites excluding steroid dienone is 1. The molecule has 2 aromatic carbocycles. The first kappa shape index (κ1) is 18.8. The van der Waals surface area contributed by atoms with Crippen LogP contribution < -0.4 is 20.5 Å². The zero-order valence-corrected chi connectivity index (χ0v) is 17.2. The number of ether oxygens (including phenoxy) is 2. The average molecular weight is 444 g/mol. The number of primary amides is 1. The van der Waals surface area contributed by atoms with E-state index in [4.69, 9.17) is 38.4 Å². The molecule has 0 fully saturated rings. The Hall–Kier alpha value is -3.23. The van der Waals surface area contributed by atoms with E-state index in [1.165, 1.54) is 0 Å². The number of halogens is 2. The van der Waals surface area contributed by atoms with Crippen LogP contribution in [0.15, 0.2) is 47.7 Å². The van der Waals surface area contributed by atoms with Gasteiger partial charge in [0.1, 0.15) is 6.04 Å². The second kappa shape index (κ2) is 6.93. The first-order valence-electron chi connectivity index (χ1n) is 9.01. The van der Waals surface area contributed by atoms with E-state index >= 15 is 0 Å². The summed E-state index contributed by atoms with van der Waals surface area (Å²) in [7, 11) is 0. The number of carbonyl (C=O) groups excluding carboxylic acids is 1. The van der Waals surface area contributed by atoms with Gasteiger partial charge >= 0.3 is 0 Å². The lowest BCUT2D eigenvalue weighted by atomic mass is 9.95. The normalized spacial score (nSPS) is 17.0. The average Bonchev–Trinajstić information content (AvgIpc) is 3.32. The molecule has 0 aliphatic carbocycles. The summed E-state index contributed by atoms with van der Waals surface area (Å²) in [6.07, 6.45) is 0. The number of nitrogens with two attached hydrogens (primary N) is 1. The van der Waals surface area contributed by atoms with Crippen molar-refractivity contribution in [2.75, 3.05) is 12.1 Å². The summed E-state index contributed by atoms with van der Waals surface area (Å²) in [4.78, 5) is 16.9. The lowest BCUT2D eigenvalue weighted by molar-refractivity contribution is -0.115. The van der Waals surface area contributed by atoms with Crippen LogP contribution in [-0.4, -0.2) is 27.5 Å². The Kier molecular flexibility index (Phi) is 4.34. The highest BCUT2D eigenvalue weighted by atomic mass is 35.5. The fourth-order valence-corrected chi connectivity index (χ4v) is 4.14. The third-order valence-electron chi connectivity index (χ3n) is 5.00. The second-order valence-corrected chi connectivity index (χ2v) is 7.71. The van der Waals surface area contributed by atoms with Crippen molar-refractivity contribution in [3.8, 4) is 22.9 Å². The van der Waals surface area contributed by atoms with E-state index in [-0.39, 0.29) is 6.79 Å². The molecule has 0 saturated heterocycles. The van der Waals surface area contributed by atoms with Crippen LogP contribution in [-0.2, 0) is 4.79 Å². The van der Waals surface area contributed by atoms with Crippen LogP contribution in [0.5, 0.6) is 11.5 Å². The maximum Gasteiger partial charge on any atom is 0.248 e. The molecule has 1 amide bonds. The van der Waals surface area contributed by atoms with Crippen LogP contribution in [0.3, 0.4) is 0 Å². The molecule has 3 N–H and O–H groups in total. The van der Waals surface area contributed by atoms with Gasteiger partial charge in [-0.15, -0.1) is 5.10 Å².